The van der Waals surface area contributed by atoms with Gasteiger partial charge in [0.05, 0.1) is 18.1 Å². The molecule has 1 aliphatic heterocycles. The summed E-state index contributed by atoms with van der Waals surface area (Å²) in [6.07, 6.45) is 0. The summed E-state index contributed by atoms with van der Waals surface area (Å²) in [6.45, 7) is 5.16. The fraction of sp³-hybridized carbons (Fsp3) is 0.333. The SMILES string of the molecule is Cc1ccccc1NCc1ccc(N2CCOCC2)c([N+](=O)[O-])c1. The molecule has 0 spiro atoms. The number of para-hydroxylation sites is 1. The van der Waals surface area contributed by atoms with Crippen LogP contribution in [0.2, 0.25) is 0 Å². The summed E-state index contributed by atoms with van der Waals surface area (Å²) in [5.74, 6) is 0. The fourth-order valence-electron chi connectivity index (χ4n) is 2.87. The Labute approximate surface area is 141 Å². The van der Waals surface area contributed by atoms with E-state index in [4.69, 9.17) is 4.74 Å². The van der Waals surface area contributed by atoms with Gasteiger partial charge in [-0.1, -0.05) is 24.3 Å². The average molecular weight is 327 g/mol. The van der Waals surface area contributed by atoms with Crippen LogP contribution in [0.5, 0.6) is 0 Å². The normalized spacial score (nSPS) is 14.5. The molecule has 0 amide bonds. The lowest BCUT2D eigenvalue weighted by Crippen LogP contribution is -2.36. The van der Waals surface area contributed by atoms with Crippen LogP contribution in [0.3, 0.4) is 0 Å². The zero-order chi connectivity index (χ0) is 16.9. The summed E-state index contributed by atoms with van der Waals surface area (Å²) in [5.41, 5.74) is 3.90. The van der Waals surface area contributed by atoms with E-state index in [0.717, 1.165) is 16.8 Å². The van der Waals surface area contributed by atoms with Crippen LogP contribution in [0.4, 0.5) is 17.1 Å². The second kappa shape index (κ2) is 7.31. The topological polar surface area (TPSA) is 67.6 Å². The Balaban J connectivity index is 1.78. The van der Waals surface area contributed by atoms with E-state index < -0.39 is 0 Å². The first-order valence-electron chi connectivity index (χ1n) is 8.04. The number of nitrogens with one attached hydrogen (secondary N) is 1. The molecule has 1 fully saturated rings. The Morgan fingerprint density at radius 3 is 2.67 bits per heavy atom. The van der Waals surface area contributed by atoms with Crippen LogP contribution in [0.25, 0.3) is 0 Å². The standard InChI is InChI=1S/C18H21N3O3/c1-14-4-2-3-5-16(14)19-13-15-6-7-17(18(12-15)21(22)23)20-8-10-24-11-9-20/h2-7,12,19H,8-11,13H2,1H3. The van der Waals surface area contributed by atoms with Crippen LogP contribution in [-0.4, -0.2) is 31.2 Å². The lowest BCUT2D eigenvalue weighted by molar-refractivity contribution is -0.384. The third kappa shape index (κ3) is 3.65. The molecule has 1 heterocycles. The Morgan fingerprint density at radius 1 is 1.21 bits per heavy atom. The molecule has 6 heteroatoms. The largest absolute Gasteiger partial charge is 0.381 e. The first-order valence-corrected chi connectivity index (χ1v) is 8.04. The lowest BCUT2D eigenvalue weighted by atomic mass is 10.1. The molecule has 126 valence electrons. The first kappa shape index (κ1) is 16.3. The minimum atomic E-state index is -0.304. The minimum Gasteiger partial charge on any atom is -0.381 e. The third-order valence-electron chi connectivity index (χ3n) is 4.22. The van der Waals surface area contributed by atoms with Gasteiger partial charge in [0.2, 0.25) is 0 Å². The summed E-state index contributed by atoms with van der Waals surface area (Å²) in [6, 6.07) is 13.5. The molecule has 0 aliphatic carbocycles. The first-order chi connectivity index (χ1) is 11.6. The van der Waals surface area contributed by atoms with Crippen LogP contribution in [-0.2, 0) is 11.3 Å². The van der Waals surface area contributed by atoms with Crippen LogP contribution in [0.1, 0.15) is 11.1 Å². The van der Waals surface area contributed by atoms with E-state index in [1.807, 2.05) is 48.2 Å². The average Bonchev–Trinajstić information content (AvgIpc) is 2.61. The van der Waals surface area contributed by atoms with E-state index in [-0.39, 0.29) is 10.6 Å². The monoisotopic (exact) mass is 327 g/mol. The fourth-order valence-corrected chi connectivity index (χ4v) is 2.87. The molecule has 6 nitrogen and oxygen atoms in total. The molecule has 24 heavy (non-hydrogen) atoms. The number of rotatable bonds is 5. The Morgan fingerprint density at radius 2 is 1.96 bits per heavy atom. The van der Waals surface area contributed by atoms with Crippen molar-refractivity contribution in [1.29, 1.82) is 0 Å². The second-order valence-corrected chi connectivity index (χ2v) is 5.85. The van der Waals surface area contributed by atoms with Gasteiger partial charge < -0.3 is 15.0 Å². The number of ether oxygens (including phenoxy) is 1. The summed E-state index contributed by atoms with van der Waals surface area (Å²) in [4.78, 5) is 13.2. The van der Waals surface area contributed by atoms with Crippen molar-refractivity contribution in [2.75, 3.05) is 36.5 Å². The smallest absolute Gasteiger partial charge is 0.292 e. The van der Waals surface area contributed by atoms with Crippen molar-refractivity contribution in [2.45, 2.75) is 13.5 Å². The van der Waals surface area contributed by atoms with Gasteiger partial charge in [0.25, 0.3) is 5.69 Å². The van der Waals surface area contributed by atoms with Gasteiger partial charge in [-0.05, 0) is 30.2 Å². The van der Waals surface area contributed by atoms with Crippen molar-refractivity contribution in [2.24, 2.45) is 0 Å². The Bertz CT molecular complexity index is 727. The highest BCUT2D eigenvalue weighted by Gasteiger charge is 2.21. The molecule has 1 saturated heterocycles. The van der Waals surface area contributed by atoms with Gasteiger partial charge in [-0.15, -0.1) is 0 Å². The molecule has 2 aromatic carbocycles. The van der Waals surface area contributed by atoms with Crippen molar-refractivity contribution < 1.29 is 9.66 Å². The molecule has 0 radical (unpaired) electrons. The number of morpholine rings is 1. The van der Waals surface area contributed by atoms with Crippen LogP contribution in [0, 0.1) is 17.0 Å². The lowest BCUT2D eigenvalue weighted by Gasteiger charge is -2.28. The number of nitro benzene ring substituents is 1. The number of nitrogens with zero attached hydrogens (tertiary/aromatic N) is 2. The maximum atomic E-state index is 11.5. The molecule has 2 aromatic rings. The van der Waals surface area contributed by atoms with Crippen molar-refractivity contribution in [3.63, 3.8) is 0 Å². The van der Waals surface area contributed by atoms with E-state index in [9.17, 15) is 10.1 Å². The number of anilines is 2. The van der Waals surface area contributed by atoms with Crippen LogP contribution >= 0.6 is 0 Å². The molecule has 0 atom stereocenters. The molecular weight excluding hydrogens is 306 g/mol. The summed E-state index contributed by atoms with van der Waals surface area (Å²) >= 11 is 0. The quantitative estimate of drug-likeness (QED) is 0.674. The Kier molecular flexibility index (Phi) is 4.96. The molecule has 0 unspecified atom stereocenters. The number of hydrogen-bond donors (Lipinski definition) is 1. The predicted octanol–water partition coefficient (Wildman–Crippen LogP) is 3.35. The van der Waals surface area contributed by atoms with Crippen molar-refractivity contribution >= 4 is 17.1 Å². The molecule has 0 saturated carbocycles. The maximum absolute atomic E-state index is 11.5. The predicted molar refractivity (Wildman–Crippen MR) is 94.6 cm³/mol. The van der Waals surface area contributed by atoms with Gasteiger partial charge in [0.1, 0.15) is 5.69 Å². The zero-order valence-corrected chi connectivity index (χ0v) is 13.7. The summed E-state index contributed by atoms with van der Waals surface area (Å²) < 4.78 is 5.32. The maximum Gasteiger partial charge on any atom is 0.292 e. The number of hydrogen-bond acceptors (Lipinski definition) is 5. The molecular formula is C18H21N3O3. The number of aryl methyl sites for hydroxylation is 1. The highest BCUT2D eigenvalue weighted by molar-refractivity contribution is 5.65. The summed E-state index contributed by atoms with van der Waals surface area (Å²) in [7, 11) is 0. The van der Waals surface area contributed by atoms with Gasteiger partial charge >= 0.3 is 0 Å². The number of nitro groups is 1. The number of benzene rings is 2. The zero-order valence-electron chi connectivity index (χ0n) is 13.7. The van der Waals surface area contributed by atoms with Gasteiger partial charge in [0, 0.05) is 31.4 Å². The van der Waals surface area contributed by atoms with E-state index in [2.05, 4.69) is 5.32 Å². The van der Waals surface area contributed by atoms with Gasteiger partial charge in [0.15, 0.2) is 0 Å². The van der Waals surface area contributed by atoms with Crippen molar-refractivity contribution in [1.82, 2.24) is 0 Å². The van der Waals surface area contributed by atoms with E-state index in [1.165, 1.54) is 0 Å². The molecule has 1 N–H and O–H groups in total. The molecule has 1 aliphatic rings. The highest BCUT2D eigenvalue weighted by Crippen LogP contribution is 2.30. The van der Waals surface area contributed by atoms with E-state index >= 15 is 0 Å². The molecule has 0 bridgehead atoms. The third-order valence-corrected chi connectivity index (χ3v) is 4.22. The van der Waals surface area contributed by atoms with Crippen LogP contribution in [0.15, 0.2) is 42.5 Å². The molecule has 3 rings (SSSR count). The Hall–Kier alpha value is -2.60. The van der Waals surface area contributed by atoms with Crippen molar-refractivity contribution in [3.8, 4) is 0 Å². The van der Waals surface area contributed by atoms with E-state index in [1.54, 1.807) is 6.07 Å². The van der Waals surface area contributed by atoms with Gasteiger partial charge in [-0.25, -0.2) is 0 Å². The highest BCUT2D eigenvalue weighted by atomic mass is 16.6. The van der Waals surface area contributed by atoms with Gasteiger partial charge in [-0.2, -0.15) is 0 Å². The van der Waals surface area contributed by atoms with Crippen LogP contribution < -0.4 is 10.2 Å². The molecule has 0 aromatic heterocycles. The van der Waals surface area contributed by atoms with Gasteiger partial charge in [-0.3, -0.25) is 10.1 Å². The second-order valence-electron chi connectivity index (χ2n) is 5.85. The summed E-state index contributed by atoms with van der Waals surface area (Å²) in [5, 5.41) is 14.8. The van der Waals surface area contributed by atoms with Crippen molar-refractivity contribution in [3.05, 3.63) is 63.7 Å². The van der Waals surface area contributed by atoms with E-state index in [0.29, 0.717) is 38.5 Å². The minimum absolute atomic E-state index is 0.154.